The molecule has 1 aliphatic heterocycles. The van der Waals surface area contributed by atoms with Gasteiger partial charge in [0.2, 0.25) is 0 Å². The van der Waals surface area contributed by atoms with Crippen molar-refractivity contribution in [3.8, 4) is 0 Å². The number of rotatable bonds is 0. The van der Waals surface area contributed by atoms with Crippen molar-refractivity contribution in [1.82, 2.24) is 4.90 Å². The Labute approximate surface area is 62.5 Å². The van der Waals surface area contributed by atoms with Crippen LogP contribution in [0.15, 0.2) is 12.5 Å². The molecule has 1 unspecified atom stereocenters. The van der Waals surface area contributed by atoms with Gasteiger partial charge in [0.15, 0.2) is 6.23 Å². The fourth-order valence-corrected chi connectivity index (χ4v) is 1.17. The summed E-state index contributed by atoms with van der Waals surface area (Å²) in [5.41, 5.74) is 0.173. The standard InChI is InChI=1S/C8H15NO/c1-7-9(5-6-10-7)8(2,3)4/h5-7H,1-4H3. The third-order valence-corrected chi connectivity index (χ3v) is 1.66. The molecule has 0 spiro atoms. The monoisotopic (exact) mass is 141 g/mol. The molecule has 0 saturated heterocycles. The second-order valence-corrected chi connectivity index (χ2v) is 3.60. The van der Waals surface area contributed by atoms with Crippen molar-refractivity contribution in [2.75, 3.05) is 0 Å². The van der Waals surface area contributed by atoms with Crippen LogP contribution < -0.4 is 0 Å². The van der Waals surface area contributed by atoms with E-state index in [0.29, 0.717) is 0 Å². The van der Waals surface area contributed by atoms with Crippen LogP contribution in [0.25, 0.3) is 0 Å². The van der Waals surface area contributed by atoms with Crippen LogP contribution in [0, 0.1) is 0 Å². The summed E-state index contributed by atoms with van der Waals surface area (Å²) in [4.78, 5) is 2.19. The van der Waals surface area contributed by atoms with Crippen molar-refractivity contribution in [2.45, 2.75) is 39.5 Å². The highest BCUT2D eigenvalue weighted by molar-refractivity contribution is 4.92. The highest BCUT2D eigenvalue weighted by Crippen LogP contribution is 2.21. The SMILES string of the molecule is CC1OC=CN1C(C)(C)C. The molecule has 1 rings (SSSR count). The lowest BCUT2D eigenvalue weighted by molar-refractivity contribution is 0.0225. The third kappa shape index (κ3) is 1.25. The lowest BCUT2D eigenvalue weighted by Gasteiger charge is -2.34. The van der Waals surface area contributed by atoms with E-state index in [1.165, 1.54) is 0 Å². The van der Waals surface area contributed by atoms with Gasteiger partial charge < -0.3 is 9.64 Å². The normalized spacial score (nSPS) is 25.2. The molecule has 0 amide bonds. The Morgan fingerprint density at radius 2 is 2.00 bits per heavy atom. The average molecular weight is 141 g/mol. The Balaban J connectivity index is 2.64. The predicted octanol–water partition coefficient (Wildman–Crippen LogP) is 1.93. The molecule has 0 fully saturated rings. The van der Waals surface area contributed by atoms with Gasteiger partial charge in [-0.15, -0.1) is 0 Å². The molecule has 0 aliphatic carbocycles. The van der Waals surface area contributed by atoms with Crippen molar-refractivity contribution < 1.29 is 4.74 Å². The topological polar surface area (TPSA) is 12.5 Å². The first kappa shape index (κ1) is 7.45. The summed E-state index contributed by atoms with van der Waals surface area (Å²) in [6.45, 7) is 8.55. The maximum absolute atomic E-state index is 5.24. The van der Waals surface area contributed by atoms with Gasteiger partial charge in [0.05, 0.1) is 0 Å². The van der Waals surface area contributed by atoms with E-state index in [1.807, 2.05) is 13.1 Å². The van der Waals surface area contributed by atoms with Crippen LogP contribution in [-0.4, -0.2) is 16.7 Å². The van der Waals surface area contributed by atoms with E-state index in [0.717, 1.165) is 0 Å². The first-order chi connectivity index (χ1) is 4.52. The summed E-state index contributed by atoms with van der Waals surface area (Å²) in [5, 5.41) is 0. The Hall–Kier alpha value is -0.660. The Kier molecular flexibility index (Phi) is 1.63. The molecule has 0 N–H and O–H groups in total. The zero-order chi connectivity index (χ0) is 7.78. The predicted molar refractivity (Wildman–Crippen MR) is 41.3 cm³/mol. The quantitative estimate of drug-likeness (QED) is 0.511. The van der Waals surface area contributed by atoms with Crippen molar-refractivity contribution >= 4 is 0 Å². The minimum atomic E-state index is 0.173. The second-order valence-electron chi connectivity index (χ2n) is 3.60. The Bertz CT molecular complexity index is 146. The maximum atomic E-state index is 5.24. The van der Waals surface area contributed by atoms with Crippen LogP contribution in [-0.2, 0) is 4.74 Å². The van der Waals surface area contributed by atoms with Gasteiger partial charge in [-0.3, -0.25) is 0 Å². The smallest absolute Gasteiger partial charge is 0.168 e. The van der Waals surface area contributed by atoms with Crippen molar-refractivity contribution in [2.24, 2.45) is 0 Å². The summed E-state index contributed by atoms with van der Waals surface area (Å²) < 4.78 is 5.24. The molecular formula is C8H15NO. The Morgan fingerprint density at radius 3 is 2.20 bits per heavy atom. The molecule has 1 aliphatic rings. The summed E-state index contributed by atoms with van der Waals surface area (Å²) in [5.74, 6) is 0. The largest absolute Gasteiger partial charge is 0.477 e. The summed E-state index contributed by atoms with van der Waals surface area (Å²) >= 11 is 0. The lowest BCUT2D eigenvalue weighted by Crippen LogP contribution is -2.41. The molecule has 0 saturated carbocycles. The van der Waals surface area contributed by atoms with Crippen LogP contribution in [0.5, 0.6) is 0 Å². The van der Waals surface area contributed by atoms with Crippen LogP contribution >= 0.6 is 0 Å². The summed E-state index contributed by atoms with van der Waals surface area (Å²) in [7, 11) is 0. The van der Waals surface area contributed by atoms with Gasteiger partial charge in [0.25, 0.3) is 0 Å². The molecule has 2 nitrogen and oxygen atoms in total. The van der Waals surface area contributed by atoms with Gasteiger partial charge in [-0.2, -0.15) is 0 Å². The van der Waals surface area contributed by atoms with Crippen molar-refractivity contribution in [3.05, 3.63) is 12.5 Å². The molecule has 0 aromatic carbocycles. The first-order valence-electron chi connectivity index (χ1n) is 3.62. The van der Waals surface area contributed by atoms with Crippen LogP contribution in [0.3, 0.4) is 0 Å². The second kappa shape index (κ2) is 2.19. The van der Waals surface area contributed by atoms with Crippen molar-refractivity contribution in [1.29, 1.82) is 0 Å². The Morgan fingerprint density at radius 1 is 1.40 bits per heavy atom. The molecule has 1 heterocycles. The van der Waals surface area contributed by atoms with Crippen LogP contribution in [0.4, 0.5) is 0 Å². The van der Waals surface area contributed by atoms with Crippen LogP contribution in [0.1, 0.15) is 27.7 Å². The molecule has 10 heavy (non-hydrogen) atoms. The van der Waals surface area contributed by atoms with E-state index in [9.17, 15) is 0 Å². The van der Waals surface area contributed by atoms with E-state index < -0.39 is 0 Å². The highest BCUT2D eigenvalue weighted by Gasteiger charge is 2.26. The zero-order valence-corrected chi connectivity index (χ0v) is 7.09. The molecular weight excluding hydrogens is 126 g/mol. The molecule has 0 aromatic rings. The van der Waals surface area contributed by atoms with Gasteiger partial charge in [-0.05, 0) is 27.7 Å². The highest BCUT2D eigenvalue weighted by atomic mass is 16.5. The number of hydrogen-bond donors (Lipinski definition) is 0. The number of ether oxygens (including phenoxy) is 1. The van der Waals surface area contributed by atoms with E-state index in [-0.39, 0.29) is 11.8 Å². The average Bonchev–Trinajstić information content (AvgIpc) is 2.11. The van der Waals surface area contributed by atoms with E-state index in [2.05, 4.69) is 25.7 Å². The van der Waals surface area contributed by atoms with E-state index in [4.69, 9.17) is 4.74 Å². The number of hydrogen-bond acceptors (Lipinski definition) is 2. The summed E-state index contributed by atoms with van der Waals surface area (Å²) in [6, 6.07) is 0. The minimum Gasteiger partial charge on any atom is -0.477 e. The van der Waals surface area contributed by atoms with Gasteiger partial charge in [0, 0.05) is 11.7 Å². The van der Waals surface area contributed by atoms with Crippen LogP contribution in [0.2, 0.25) is 0 Å². The number of nitrogens with zero attached hydrogens (tertiary/aromatic N) is 1. The van der Waals surface area contributed by atoms with Gasteiger partial charge >= 0.3 is 0 Å². The molecule has 58 valence electrons. The third-order valence-electron chi connectivity index (χ3n) is 1.66. The van der Waals surface area contributed by atoms with Gasteiger partial charge in [-0.25, -0.2) is 0 Å². The fraction of sp³-hybridized carbons (Fsp3) is 0.750. The van der Waals surface area contributed by atoms with E-state index in [1.54, 1.807) is 6.26 Å². The van der Waals surface area contributed by atoms with Gasteiger partial charge in [-0.1, -0.05) is 0 Å². The zero-order valence-electron chi connectivity index (χ0n) is 7.09. The van der Waals surface area contributed by atoms with Crippen molar-refractivity contribution in [3.63, 3.8) is 0 Å². The fourth-order valence-electron chi connectivity index (χ4n) is 1.17. The molecule has 2 heteroatoms. The van der Waals surface area contributed by atoms with E-state index >= 15 is 0 Å². The molecule has 0 aromatic heterocycles. The minimum absolute atomic E-state index is 0.173. The summed E-state index contributed by atoms with van der Waals surface area (Å²) in [6.07, 6.45) is 3.93. The first-order valence-corrected chi connectivity index (χ1v) is 3.62. The molecule has 1 atom stereocenters. The maximum Gasteiger partial charge on any atom is 0.168 e. The molecule has 0 bridgehead atoms. The van der Waals surface area contributed by atoms with Gasteiger partial charge in [0.1, 0.15) is 6.26 Å². The lowest BCUT2D eigenvalue weighted by atomic mass is 10.1. The molecule has 0 radical (unpaired) electrons.